The summed E-state index contributed by atoms with van der Waals surface area (Å²) in [5.41, 5.74) is 5.02. The van der Waals surface area contributed by atoms with Crippen molar-refractivity contribution in [3.05, 3.63) is 28.7 Å². The average molecular weight is 316 g/mol. The summed E-state index contributed by atoms with van der Waals surface area (Å²) in [7, 11) is 1.89. The van der Waals surface area contributed by atoms with E-state index in [2.05, 4.69) is 30.9 Å². The molecular formula is C18H28N4O. The fourth-order valence-electron chi connectivity index (χ4n) is 2.89. The molecule has 2 heterocycles. The lowest BCUT2D eigenvalue weighted by atomic mass is 10.0. The van der Waals surface area contributed by atoms with Gasteiger partial charge in [0.15, 0.2) is 5.65 Å². The molecule has 0 unspecified atom stereocenters. The van der Waals surface area contributed by atoms with Crippen LogP contribution in [0.2, 0.25) is 0 Å². The first kappa shape index (κ1) is 17.4. The summed E-state index contributed by atoms with van der Waals surface area (Å²) in [6.07, 6.45) is 1.20. The van der Waals surface area contributed by atoms with Crippen LogP contribution in [0.15, 0.2) is 6.07 Å². The highest BCUT2D eigenvalue weighted by molar-refractivity contribution is 5.76. The van der Waals surface area contributed by atoms with Crippen LogP contribution in [0.25, 0.3) is 5.65 Å². The Morgan fingerprint density at radius 2 is 1.91 bits per heavy atom. The first-order chi connectivity index (χ1) is 10.7. The van der Waals surface area contributed by atoms with Gasteiger partial charge in [-0.25, -0.2) is 9.50 Å². The molecule has 2 aromatic heterocycles. The predicted molar refractivity (Wildman–Crippen MR) is 92.6 cm³/mol. The van der Waals surface area contributed by atoms with Gasteiger partial charge in [0, 0.05) is 37.0 Å². The molecule has 0 saturated carbocycles. The van der Waals surface area contributed by atoms with E-state index >= 15 is 0 Å². The predicted octanol–water partition coefficient (Wildman–Crippen LogP) is 3.09. The molecule has 0 N–H and O–H groups in total. The minimum atomic E-state index is 0.182. The molecule has 2 aromatic rings. The number of rotatable bonds is 5. The van der Waals surface area contributed by atoms with Crippen LogP contribution in [0.3, 0.4) is 0 Å². The fraction of sp³-hybridized carbons (Fsp3) is 0.611. The zero-order valence-corrected chi connectivity index (χ0v) is 15.3. The zero-order chi connectivity index (χ0) is 17.3. The smallest absolute Gasteiger partial charge is 0.222 e. The van der Waals surface area contributed by atoms with Crippen LogP contribution in [0.1, 0.15) is 49.8 Å². The highest BCUT2D eigenvalue weighted by Gasteiger charge is 2.19. The molecule has 0 fully saturated rings. The van der Waals surface area contributed by atoms with Gasteiger partial charge in [-0.3, -0.25) is 4.79 Å². The second-order valence-corrected chi connectivity index (χ2v) is 6.81. The molecule has 0 spiro atoms. The van der Waals surface area contributed by atoms with E-state index in [1.165, 1.54) is 0 Å². The molecule has 0 aliphatic carbocycles. The lowest BCUT2D eigenvalue weighted by Crippen LogP contribution is -2.38. The van der Waals surface area contributed by atoms with Crippen molar-refractivity contribution in [2.45, 2.75) is 60.4 Å². The highest BCUT2D eigenvalue weighted by atomic mass is 16.2. The Morgan fingerprint density at radius 3 is 2.52 bits per heavy atom. The van der Waals surface area contributed by atoms with E-state index in [1.54, 1.807) is 0 Å². The Hall–Kier alpha value is -1.91. The molecule has 5 heteroatoms. The Bertz CT molecular complexity index is 717. The summed E-state index contributed by atoms with van der Waals surface area (Å²) in [6, 6.07) is 2.23. The largest absolute Gasteiger partial charge is 0.343 e. The van der Waals surface area contributed by atoms with Gasteiger partial charge in [-0.1, -0.05) is 13.8 Å². The molecule has 126 valence electrons. The topological polar surface area (TPSA) is 50.5 Å². The molecule has 0 aliphatic rings. The van der Waals surface area contributed by atoms with Gasteiger partial charge in [0.2, 0.25) is 5.91 Å². The molecule has 1 atom stereocenters. The highest BCUT2D eigenvalue weighted by Crippen LogP contribution is 2.18. The van der Waals surface area contributed by atoms with Gasteiger partial charge in [-0.05, 0) is 45.6 Å². The van der Waals surface area contributed by atoms with Crippen molar-refractivity contribution in [1.82, 2.24) is 19.5 Å². The lowest BCUT2D eigenvalue weighted by molar-refractivity contribution is -0.132. The summed E-state index contributed by atoms with van der Waals surface area (Å²) >= 11 is 0. The molecule has 0 bridgehead atoms. The van der Waals surface area contributed by atoms with Gasteiger partial charge in [0.05, 0.1) is 5.69 Å². The Morgan fingerprint density at radius 1 is 1.26 bits per heavy atom. The van der Waals surface area contributed by atoms with Gasteiger partial charge in [-0.15, -0.1) is 0 Å². The maximum absolute atomic E-state index is 12.4. The summed E-state index contributed by atoms with van der Waals surface area (Å²) < 4.78 is 1.88. The SMILES string of the molecule is Cc1cc2nc(C)c(CCC(=O)N(C)[C@H](C)C(C)C)c(C)n2n1. The van der Waals surface area contributed by atoms with E-state index < -0.39 is 0 Å². The monoisotopic (exact) mass is 316 g/mol. The van der Waals surface area contributed by atoms with Crippen LogP contribution >= 0.6 is 0 Å². The Balaban J connectivity index is 2.17. The van der Waals surface area contributed by atoms with Crippen LogP contribution in [-0.2, 0) is 11.2 Å². The van der Waals surface area contributed by atoms with Gasteiger partial charge < -0.3 is 4.90 Å². The number of carbonyl (C=O) groups excluding carboxylic acids is 1. The van der Waals surface area contributed by atoms with Crippen molar-refractivity contribution in [3.63, 3.8) is 0 Å². The summed E-state index contributed by atoms with van der Waals surface area (Å²) in [5.74, 6) is 0.638. The Labute approximate surface area is 138 Å². The van der Waals surface area contributed by atoms with Gasteiger partial charge in [-0.2, -0.15) is 5.10 Å². The Kier molecular flexibility index (Phi) is 5.07. The molecule has 0 saturated heterocycles. The molecule has 2 rings (SSSR count). The number of aryl methyl sites for hydroxylation is 3. The average Bonchev–Trinajstić information content (AvgIpc) is 2.85. The first-order valence-electron chi connectivity index (χ1n) is 8.30. The first-order valence-corrected chi connectivity index (χ1v) is 8.30. The van der Waals surface area contributed by atoms with E-state index in [0.29, 0.717) is 18.8 Å². The van der Waals surface area contributed by atoms with Crippen LogP contribution in [0.4, 0.5) is 0 Å². The summed E-state index contributed by atoms with van der Waals surface area (Å²) in [5, 5.41) is 4.49. The van der Waals surface area contributed by atoms with Crippen LogP contribution in [-0.4, -0.2) is 38.5 Å². The minimum Gasteiger partial charge on any atom is -0.343 e. The number of fused-ring (bicyclic) bond motifs is 1. The molecule has 0 aliphatic heterocycles. The third kappa shape index (κ3) is 3.54. The van der Waals surface area contributed by atoms with Gasteiger partial charge in [0.1, 0.15) is 0 Å². The lowest BCUT2D eigenvalue weighted by Gasteiger charge is -2.28. The second-order valence-electron chi connectivity index (χ2n) is 6.81. The summed E-state index contributed by atoms with van der Waals surface area (Å²) in [4.78, 5) is 18.9. The summed E-state index contributed by atoms with van der Waals surface area (Å²) in [6.45, 7) is 12.4. The van der Waals surface area contributed by atoms with E-state index in [-0.39, 0.29) is 11.9 Å². The molecule has 0 radical (unpaired) electrons. The quantitative estimate of drug-likeness (QED) is 0.851. The number of aromatic nitrogens is 3. The molecular weight excluding hydrogens is 288 g/mol. The fourth-order valence-corrected chi connectivity index (χ4v) is 2.89. The van der Waals surface area contributed by atoms with E-state index in [0.717, 1.165) is 28.3 Å². The van der Waals surface area contributed by atoms with Crippen LogP contribution in [0, 0.1) is 26.7 Å². The number of hydrogen-bond donors (Lipinski definition) is 0. The number of hydrogen-bond acceptors (Lipinski definition) is 3. The van der Waals surface area contributed by atoms with Gasteiger partial charge >= 0.3 is 0 Å². The second kappa shape index (κ2) is 6.69. The molecule has 0 aromatic carbocycles. The van der Waals surface area contributed by atoms with E-state index in [4.69, 9.17) is 0 Å². The van der Waals surface area contributed by atoms with E-state index in [9.17, 15) is 4.79 Å². The van der Waals surface area contributed by atoms with Crippen molar-refractivity contribution < 1.29 is 4.79 Å². The zero-order valence-electron chi connectivity index (χ0n) is 15.3. The number of carbonyl (C=O) groups is 1. The van der Waals surface area contributed by atoms with Crippen molar-refractivity contribution in [1.29, 1.82) is 0 Å². The third-order valence-electron chi connectivity index (χ3n) is 4.84. The van der Waals surface area contributed by atoms with Crippen molar-refractivity contribution in [3.8, 4) is 0 Å². The van der Waals surface area contributed by atoms with Crippen molar-refractivity contribution in [2.75, 3.05) is 7.05 Å². The van der Waals surface area contributed by atoms with Gasteiger partial charge in [0.25, 0.3) is 0 Å². The standard InChI is InChI=1S/C18H28N4O/c1-11(2)14(5)21(7)18(23)9-8-16-13(4)19-17-10-12(3)20-22(17)15(16)6/h10-11,14H,8-9H2,1-7H3/t14-/m1/s1. The maximum atomic E-state index is 12.4. The third-order valence-corrected chi connectivity index (χ3v) is 4.84. The van der Waals surface area contributed by atoms with Crippen molar-refractivity contribution in [2.24, 2.45) is 5.92 Å². The normalized spacial score (nSPS) is 12.9. The van der Waals surface area contributed by atoms with E-state index in [1.807, 2.05) is 43.3 Å². The van der Waals surface area contributed by atoms with Crippen LogP contribution < -0.4 is 0 Å². The van der Waals surface area contributed by atoms with Crippen molar-refractivity contribution >= 4 is 11.6 Å². The van der Waals surface area contributed by atoms with Crippen LogP contribution in [0.5, 0.6) is 0 Å². The molecule has 5 nitrogen and oxygen atoms in total. The molecule has 1 amide bonds. The number of nitrogens with zero attached hydrogens (tertiary/aromatic N) is 4. The molecule has 23 heavy (non-hydrogen) atoms. The minimum absolute atomic E-state index is 0.182. The number of amides is 1. The maximum Gasteiger partial charge on any atom is 0.222 e.